The molecule has 1 fully saturated rings. The highest BCUT2D eigenvalue weighted by atomic mass is 16.6. The highest BCUT2D eigenvalue weighted by Gasteiger charge is 2.41. The predicted octanol–water partition coefficient (Wildman–Crippen LogP) is 2.57. The summed E-state index contributed by atoms with van der Waals surface area (Å²) in [6.45, 7) is 2.40. The Morgan fingerprint density at radius 3 is 2.74 bits per heavy atom. The average Bonchev–Trinajstić information content (AvgIpc) is 2.67. The molecule has 0 radical (unpaired) electrons. The van der Waals surface area contributed by atoms with Gasteiger partial charge in [0.15, 0.2) is 0 Å². The van der Waals surface area contributed by atoms with Gasteiger partial charge in [0.25, 0.3) is 11.6 Å². The molecular formula is C20H19N3O4. The summed E-state index contributed by atoms with van der Waals surface area (Å²) < 4.78 is 0. The van der Waals surface area contributed by atoms with Crippen LogP contribution in [0, 0.1) is 10.1 Å². The molecule has 7 nitrogen and oxygen atoms in total. The van der Waals surface area contributed by atoms with Gasteiger partial charge in [0, 0.05) is 30.3 Å². The third-order valence-corrected chi connectivity index (χ3v) is 5.34. The van der Waals surface area contributed by atoms with Crippen molar-refractivity contribution >= 4 is 17.5 Å². The molecule has 1 saturated heterocycles. The number of nitrogens with zero attached hydrogens (tertiary/aromatic N) is 3. The molecule has 0 unspecified atom stereocenters. The quantitative estimate of drug-likeness (QED) is 0.605. The van der Waals surface area contributed by atoms with Crippen molar-refractivity contribution < 1.29 is 14.5 Å². The van der Waals surface area contributed by atoms with Gasteiger partial charge in [0.2, 0.25) is 5.91 Å². The van der Waals surface area contributed by atoms with E-state index in [0.29, 0.717) is 6.54 Å². The van der Waals surface area contributed by atoms with Crippen LogP contribution in [0.15, 0.2) is 48.5 Å². The number of nitro benzene ring substituents is 1. The minimum absolute atomic E-state index is 0.00939. The van der Waals surface area contributed by atoms with E-state index >= 15 is 0 Å². The van der Waals surface area contributed by atoms with Crippen molar-refractivity contribution in [2.24, 2.45) is 0 Å². The van der Waals surface area contributed by atoms with Crippen LogP contribution in [0.2, 0.25) is 0 Å². The fourth-order valence-corrected chi connectivity index (χ4v) is 4.13. The van der Waals surface area contributed by atoms with Crippen molar-refractivity contribution in [3.8, 4) is 0 Å². The Morgan fingerprint density at radius 1 is 1.19 bits per heavy atom. The van der Waals surface area contributed by atoms with Crippen LogP contribution in [0.25, 0.3) is 0 Å². The summed E-state index contributed by atoms with van der Waals surface area (Å²) in [5, 5.41) is 11.0. The summed E-state index contributed by atoms with van der Waals surface area (Å²) in [7, 11) is 0. The Kier molecular flexibility index (Phi) is 4.14. The zero-order valence-corrected chi connectivity index (χ0v) is 14.9. The first-order valence-electron chi connectivity index (χ1n) is 8.88. The Balaban J connectivity index is 1.66. The van der Waals surface area contributed by atoms with Gasteiger partial charge in [-0.1, -0.05) is 30.3 Å². The van der Waals surface area contributed by atoms with Crippen LogP contribution in [0.3, 0.4) is 0 Å². The highest BCUT2D eigenvalue weighted by molar-refractivity contribution is 5.97. The first-order valence-corrected chi connectivity index (χ1v) is 8.88. The molecule has 2 atom stereocenters. The van der Waals surface area contributed by atoms with E-state index in [9.17, 15) is 19.7 Å². The van der Waals surface area contributed by atoms with Crippen molar-refractivity contribution in [3.05, 3.63) is 75.3 Å². The second kappa shape index (κ2) is 6.50. The average molecular weight is 365 g/mol. The summed E-state index contributed by atoms with van der Waals surface area (Å²) in [6.07, 6.45) is 0.803. The minimum Gasteiger partial charge on any atom is -0.329 e. The standard InChI is InChI=1S/C20H19N3O4/c1-13-9-14-5-2-3-8-17(14)18-11-21(12-19(24)22(13)18)20(25)15-6-4-7-16(10-15)23(26)27/h2-8,10,13,18H,9,11-12H2,1H3/t13-,18+/m0/s1. The monoisotopic (exact) mass is 365 g/mol. The van der Waals surface area contributed by atoms with Crippen LogP contribution in [0.1, 0.15) is 34.5 Å². The zero-order chi connectivity index (χ0) is 19.1. The number of piperazine rings is 1. The van der Waals surface area contributed by atoms with Crippen molar-refractivity contribution in [2.45, 2.75) is 25.4 Å². The first kappa shape index (κ1) is 17.2. The van der Waals surface area contributed by atoms with Gasteiger partial charge in [-0.25, -0.2) is 0 Å². The summed E-state index contributed by atoms with van der Waals surface area (Å²) in [5.41, 5.74) is 2.36. The van der Waals surface area contributed by atoms with Gasteiger partial charge in [-0.2, -0.15) is 0 Å². The second-order valence-corrected chi connectivity index (χ2v) is 7.06. The molecule has 4 rings (SSSR count). The van der Waals surface area contributed by atoms with E-state index in [1.165, 1.54) is 28.7 Å². The topological polar surface area (TPSA) is 83.8 Å². The van der Waals surface area contributed by atoms with E-state index < -0.39 is 4.92 Å². The maximum Gasteiger partial charge on any atom is 0.270 e. The molecule has 0 N–H and O–H groups in total. The van der Waals surface area contributed by atoms with Crippen LogP contribution in [-0.4, -0.2) is 45.7 Å². The normalized spacial score (nSPS) is 21.4. The summed E-state index contributed by atoms with van der Waals surface area (Å²) in [4.78, 5) is 39.5. The Labute approximate surface area is 156 Å². The molecule has 0 aromatic heterocycles. The van der Waals surface area contributed by atoms with Crippen molar-refractivity contribution in [1.82, 2.24) is 9.80 Å². The van der Waals surface area contributed by atoms with E-state index in [0.717, 1.165) is 12.0 Å². The van der Waals surface area contributed by atoms with Crippen molar-refractivity contribution in [1.29, 1.82) is 0 Å². The van der Waals surface area contributed by atoms with Crippen molar-refractivity contribution in [2.75, 3.05) is 13.1 Å². The number of carbonyl (C=O) groups excluding carboxylic acids is 2. The molecular weight excluding hydrogens is 346 g/mol. The van der Waals surface area contributed by atoms with Gasteiger partial charge >= 0.3 is 0 Å². The van der Waals surface area contributed by atoms with E-state index in [1.807, 2.05) is 30.0 Å². The maximum absolute atomic E-state index is 12.9. The number of rotatable bonds is 2. The number of carbonyl (C=O) groups is 2. The fourth-order valence-electron chi connectivity index (χ4n) is 4.13. The summed E-state index contributed by atoms with van der Waals surface area (Å²) in [5.74, 6) is -0.450. The maximum atomic E-state index is 12.9. The SMILES string of the molecule is C[C@H]1Cc2ccccc2[C@H]2CN(C(=O)c3cccc([N+](=O)[O-])c3)CC(=O)N21. The lowest BCUT2D eigenvalue weighted by atomic mass is 9.87. The van der Waals surface area contributed by atoms with E-state index in [-0.39, 0.29) is 41.7 Å². The van der Waals surface area contributed by atoms with E-state index in [4.69, 9.17) is 0 Å². The number of hydrogen-bond acceptors (Lipinski definition) is 4. The number of amides is 2. The van der Waals surface area contributed by atoms with Crippen LogP contribution in [-0.2, 0) is 11.2 Å². The number of fused-ring (bicyclic) bond motifs is 3. The third-order valence-electron chi connectivity index (χ3n) is 5.34. The van der Waals surface area contributed by atoms with Crippen LogP contribution in [0.5, 0.6) is 0 Å². The number of non-ortho nitro benzene ring substituents is 1. The second-order valence-electron chi connectivity index (χ2n) is 7.06. The van der Waals surface area contributed by atoms with Gasteiger partial charge in [-0.05, 0) is 30.5 Å². The third kappa shape index (κ3) is 2.95. The molecule has 0 bridgehead atoms. The van der Waals surface area contributed by atoms with E-state index in [1.54, 1.807) is 6.07 Å². The van der Waals surface area contributed by atoms with Crippen LogP contribution >= 0.6 is 0 Å². The van der Waals surface area contributed by atoms with Crippen molar-refractivity contribution in [3.63, 3.8) is 0 Å². The zero-order valence-electron chi connectivity index (χ0n) is 14.9. The lowest BCUT2D eigenvalue weighted by Gasteiger charge is -2.47. The lowest BCUT2D eigenvalue weighted by molar-refractivity contribution is -0.384. The largest absolute Gasteiger partial charge is 0.329 e. The van der Waals surface area contributed by atoms with Crippen LogP contribution < -0.4 is 0 Å². The minimum atomic E-state index is -0.529. The molecule has 0 aliphatic carbocycles. The van der Waals surface area contributed by atoms with Gasteiger partial charge in [0.1, 0.15) is 6.54 Å². The summed E-state index contributed by atoms with van der Waals surface area (Å²) in [6, 6.07) is 13.5. The predicted molar refractivity (Wildman–Crippen MR) is 98.2 cm³/mol. The number of benzene rings is 2. The highest BCUT2D eigenvalue weighted by Crippen LogP contribution is 2.36. The molecule has 0 saturated carbocycles. The smallest absolute Gasteiger partial charge is 0.270 e. The molecule has 2 aliphatic heterocycles. The molecule has 2 amide bonds. The molecule has 7 heteroatoms. The molecule has 2 heterocycles. The van der Waals surface area contributed by atoms with Gasteiger partial charge in [-0.3, -0.25) is 19.7 Å². The van der Waals surface area contributed by atoms with Gasteiger partial charge in [-0.15, -0.1) is 0 Å². The molecule has 2 aliphatic rings. The Bertz CT molecular complexity index is 942. The Morgan fingerprint density at radius 2 is 1.96 bits per heavy atom. The fraction of sp³-hybridized carbons (Fsp3) is 0.300. The number of hydrogen-bond donors (Lipinski definition) is 0. The number of nitro groups is 1. The Hall–Kier alpha value is -3.22. The molecule has 0 spiro atoms. The van der Waals surface area contributed by atoms with Crippen LogP contribution in [0.4, 0.5) is 5.69 Å². The molecule has 27 heavy (non-hydrogen) atoms. The molecule has 138 valence electrons. The molecule has 2 aromatic carbocycles. The van der Waals surface area contributed by atoms with Gasteiger partial charge in [0.05, 0.1) is 11.0 Å². The summed E-state index contributed by atoms with van der Waals surface area (Å²) >= 11 is 0. The first-order chi connectivity index (χ1) is 13.0. The lowest BCUT2D eigenvalue weighted by Crippen LogP contribution is -2.58. The van der Waals surface area contributed by atoms with Gasteiger partial charge < -0.3 is 9.80 Å². The van der Waals surface area contributed by atoms with E-state index in [2.05, 4.69) is 6.07 Å². The molecule has 2 aromatic rings.